The van der Waals surface area contributed by atoms with Gasteiger partial charge in [-0.2, -0.15) is 0 Å². The van der Waals surface area contributed by atoms with Crippen LogP contribution in [-0.2, 0) is 4.79 Å². The van der Waals surface area contributed by atoms with Gasteiger partial charge >= 0.3 is 0 Å². The second kappa shape index (κ2) is 7.43. The number of nitrogens with zero attached hydrogens (tertiary/aromatic N) is 2. The average molecular weight is 302 g/mol. The molecule has 0 aromatic heterocycles. The molecule has 2 amide bonds. The van der Waals surface area contributed by atoms with Crippen LogP contribution in [0, 0.1) is 0 Å². The largest absolute Gasteiger partial charge is 0.339 e. The van der Waals surface area contributed by atoms with Crippen LogP contribution in [0.15, 0.2) is 24.3 Å². The highest BCUT2D eigenvalue weighted by atomic mass is 16.2. The number of benzene rings is 1. The molecule has 0 N–H and O–H groups in total. The number of piperazine rings is 1. The van der Waals surface area contributed by atoms with E-state index >= 15 is 0 Å². The van der Waals surface area contributed by atoms with Gasteiger partial charge in [-0.05, 0) is 30.0 Å². The van der Waals surface area contributed by atoms with Crippen molar-refractivity contribution in [1.29, 1.82) is 0 Å². The number of amides is 2. The summed E-state index contributed by atoms with van der Waals surface area (Å²) in [5.41, 5.74) is 1.98. The van der Waals surface area contributed by atoms with E-state index < -0.39 is 0 Å². The molecule has 0 bridgehead atoms. The molecule has 0 spiro atoms. The van der Waals surface area contributed by atoms with Crippen LogP contribution in [0.25, 0.3) is 0 Å². The molecule has 1 saturated heterocycles. The number of carbonyl (C=O) groups excluding carboxylic acids is 2. The summed E-state index contributed by atoms with van der Waals surface area (Å²) in [5, 5.41) is 0. The Balaban J connectivity index is 1.93. The first-order valence-corrected chi connectivity index (χ1v) is 8.20. The van der Waals surface area contributed by atoms with Crippen LogP contribution in [0.1, 0.15) is 55.5 Å². The normalized spacial score (nSPS) is 15.3. The van der Waals surface area contributed by atoms with Crippen LogP contribution < -0.4 is 0 Å². The van der Waals surface area contributed by atoms with Gasteiger partial charge in [-0.25, -0.2) is 0 Å². The lowest BCUT2D eigenvalue weighted by Gasteiger charge is -2.35. The Bertz CT molecular complexity index is 514. The number of carbonyl (C=O) groups is 2. The van der Waals surface area contributed by atoms with Crippen LogP contribution >= 0.6 is 0 Å². The smallest absolute Gasteiger partial charge is 0.253 e. The molecule has 4 nitrogen and oxygen atoms in total. The van der Waals surface area contributed by atoms with E-state index in [-0.39, 0.29) is 11.8 Å². The Morgan fingerprint density at radius 2 is 1.55 bits per heavy atom. The fourth-order valence-electron chi connectivity index (χ4n) is 2.72. The molecule has 0 radical (unpaired) electrons. The molecule has 1 aromatic rings. The van der Waals surface area contributed by atoms with Gasteiger partial charge in [-0.1, -0.05) is 32.9 Å². The van der Waals surface area contributed by atoms with E-state index in [4.69, 9.17) is 0 Å². The van der Waals surface area contributed by atoms with Gasteiger partial charge in [0.25, 0.3) is 5.91 Å². The molecule has 0 unspecified atom stereocenters. The standard InChI is InChI=1S/C18H26N2O2/c1-4-5-17(21)19-10-12-20(13-11-19)18(22)16-8-6-15(7-9-16)14(2)3/h6-9,14H,4-5,10-13H2,1-3H3. The Kier molecular flexibility index (Phi) is 5.58. The summed E-state index contributed by atoms with van der Waals surface area (Å²) >= 11 is 0. The summed E-state index contributed by atoms with van der Waals surface area (Å²) in [5.74, 6) is 0.742. The zero-order valence-corrected chi connectivity index (χ0v) is 13.8. The van der Waals surface area contributed by atoms with Crippen LogP contribution in [-0.4, -0.2) is 47.8 Å². The molecule has 0 aliphatic carbocycles. The van der Waals surface area contributed by atoms with Gasteiger partial charge in [0.2, 0.25) is 5.91 Å². The van der Waals surface area contributed by atoms with Crippen LogP contribution in [0.2, 0.25) is 0 Å². The van der Waals surface area contributed by atoms with Gasteiger partial charge in [0.15, 0.2) is 0 Å². The van der Waals surface area contributed by atoms with Crippen molar-refractivity contribution >= 4 is 11.8 Å². The first kappa shape index (κ1) is 16.5. The van der Waals surface area contributed by atoms with Crippen LogP contribution in [0.4, 0.5) is 0 Å². The summed E-state index contributed by atoms with van der Waals surface area (Å²) in [6, 6.07) is 7.87. The van der Waals surface area contributed by atoms with Crippen molar-refractivity contribution in [3.63, 3.8) is 0 Å². The highest BCUT2D eigenvalue weighted by Crippen LogP contribution is 2.16. The minimum Gasteiger partial charge on any atom is -0.339 e. The molecule has 22 heavy (non-hydrogen) atoms. The minimum absolute atomic E-state index is 0.0675. The second-order valence-corrected chi connectivity index (χ2v) is 6.20. The van der Waals surface area contributed by atoms with E-state index in [0.717, 1.165) is 12.0 Å². The van der Waals surface area contributed by atoms with Gasteiger partial charge in [0.05, 0.1) is 0 Å². The van der Waals surface area contributed by atoms with Gasteiger partial charge in [0.1, 0.15) is 0 Å². The molecule has 4 heteroatoms. The van der Waals surface area contributed by atoms with Crippen molar-refractivity contribution in [2.75, 3.05) is 26.2 Å². The van der Waals surface area contributed by atoms with Crippen molar-refractivity contribution in [1.82, 2.24) is 9.80 Å². The lowest BCUT2D eigenvalue weighted by atomic mass is 10.0. The van der Waals surface area contributed by atoms with Gasteiger partial charge in [0, 0.05) is 38.2 Å². The van der Waals surface area contributed by atoms with E-state index in [1.807, 2.05) is 41.0 Å². The Morgan fingerprint density at radius 1 is 1.00 bits per heavy atom. The predicted octanol–water partition coefficient (Wildman–Crippen LogP) is 2.89. The third-order valence-electron chi connectivity index (χ3n) is 4.21. The molecule has 1 aliphatic rings. The van der Waals surface area contributed by atoms with E-state index in [0.29, 0.717) is 38.5 Å². The van der Waals surface area contributed by atoms with E-state index in [1.54, 1.807) is 0 Å². The maximum absolute atomic E-state index is 12.5. The quantitative estimate of drug-likeness (QED) is 0.858. The molecule has 120 valence electrons. The second-order valence-electron chi connectivity index (χ2n) is 6.20. The Labute approximate surface area is 133 Å². The van der Waals surface area contributed by atoms with E-state index in [9.17, 15) is 9.59 Å². The molecule has 1 fully saturated rings. The molecule has 0 saturated carbocycles. The van der Waals surface area contributed by atoms with Crippen molar-refractivity contribution < 1.29 is 9.59 Å². The number of hydrogen-bond donors (Lipinski definition) is 0. The monoisotopic (exact) mass is 302 g/mol. The topological polar surface area (TPSA) is 40.6 Å². The lowest BCUT2D eigenvalue weighted by Crippen LogP contribution is -2.50. The molecule has 1 aromatic carbocycles. The summed E-state index contributed by atoms with van der Waals surface area (Å²) in [4.78, 5) is 28.1. The summed E-state index contributed by atoms with van der Waals surface area (Å²) < 4.78 is 0. The maximum Gasteiger partial charge on any atom is 0.253 e. The highest BCUT2D eigenvalue weighted by Gasteiger charge is 2.24. The molecule has 0 atom stereocenters. The fourth-order valence-corrected chi connectivity index (χ4v) is 2.72. The summed E-state index contributed by atoms with van der Waals surface area (Å²) in [6.45, 7) is 8.84. The van der Waals surface area contributed by atoms with Crippen molar-refractivity contribution in [3.05, 3.63) is 35.4 Å². The average Bonchev–Trinajstić information content (AvgIpc) is 2.54. The van der Waals surface area contributed by atoms with Gasteiger partial charge < -0.3 is 9.80 Å². The lowest BCUT2D eigenvalue weighted by molar-refractivity contribution is -0.132. The first-order valence-electron chi connectivity index (χ1n) is 8.20. The SMILES string of the molecule is CCCC(=O)N1CCN(C(=O)c2ccc(C(C)C)cc2)CC1. The number of hydrogen-bond acceptors (Lipinski definition) is 2. The fraction of sp³-hybridized carbons (Fsp3) is 0.556. The summed E-state index contributed by atoms with van der Waals surface area (Å²) in [6.07, 6.45) is 1.48. The first-order chi connectivity index (χ1) is 10.5. The molecule has 1 heterocycles. The van der Waals surface area contributed by atoms with Crippen LogP contribution in [0.5, 0.6) is 0 Å². The minimum atomic E-state index is 0.0675. The van der Waals surface area contributed by atoms with Crippen molar-refractivity contribution in [2.24, 2.45) is 0 Å². The van der Waals surface area contributed by atoms with Crippen molar-refractivity contribution in [2.45, 2.75) is 39.5 Å². The van der Waals surface area contributed by atoms with Crippen molar-refractivity contribution in [3.8, 4) is 0 Å². The summed E-state index contributed by atoms with van der Waals surface area (Å²) in [7, 11) is 0. The maximum atomic E-state index is 12.5. The zero-order valence-electron chi connectivity index (χ0n) is 13.8. The molecular formula is C18H26N2O2. The number of rotatable bonds is 4. The predicted molar refractivity (Wildman–Crippen MR) is 87.9 cm³/mol. The Morgan fingerprint density at radius 3 is 2.05 bits per heavy atom. The van der Waals surface area contributed by atoms with Gasteiger partial charge in [-0.3, -0.25) is 9.59 Å². The highest BCUT2D eigenvalue weighted by molar-refractivity contribution is 5.94. The van der Waals surface area contributed by atoms with E-state index in [1.165, 1.54) is 5.56 Å². The van der Waals surface area contributed by atoms with E-state index in [2.05, 4.69) is 13.8 Å². The third-order valence-corrected chi connectivity index (χ3v) is 4.21. The third kappa shape index (κ3) is 3.87. The zero-order chi connectivity index (χ0) is 16.1. The van der Waals surface area contributed by atoms with Gasteiger partial charge in [-0.15, -0.1) is 0 Å². The molecular weight excluding hydrogens is 276 g/mol. The molecule has 2 rings (SSSR count). The van der Waals surface area contributed by atoms with Crippen LogP contribution in [0.3, 0.4) is 0 Å². The molecule has 1 aliphatic heterocycles. The Hall–Kier alpha value is -1.84.